The molecule has 1 saturated carbocycles. The van der Waals surface area contributed by atoms with Gasteiger partial charge in [-0.2, -0.15) is 0 Å². The van der Waals surface area contributed by atoms with Crippen LogP contribution in [0.5, 0.6) is 0 Å². The average molecular weight is 168 g/mol. The number of hydrogen-bond acceptors (Lipinski definition) is 1. The molecule has 1 amide bonds. The molecular formula is C6H11ClFNO. The van der Waals surface area contributed by atoms with Crippen molar-refractivity contribution in [3.8, 4) is 0 Å². The van der Waals surface area contributed by atoms with Crippen molar-refractivity contribution in [3.63, 3.8) is 0 Å². The van der Waals surface area contributed by atoms with Crippen molar-refractivity contribution in [3.05, 3.63) is 0 Å². The van der Waals surface area contributed by atoms with Gasteiger partial charge in [-0.3, -0.25) is 4.79 Å². The van der Waals surface area contributed by atoms with E-state index in [4.69, 9.17) is 5.73 Å². The molecule has 0 aromatic heterocycles. The number of primary amides is 1. The monoisotopic (exact) mass is 167 g/mol. The number of halogens is 2. The maximum atomic E-state index is 12.5. The van der Waals surface area contributed by atoms with Gasteiger partial charge in [0.25, 0.3) is 0 Å². The molecule has 0 heterocycles. The van der Waals surface area contributed by atoms with Crippen LogP contribution in [0.3, 0.4) is 0 Å². The molecule has 0 spiro atoms. The molecule has 0 bridgehead atoms. The highest BCUT2D eigenvalue weighted by Gasteiger charge is 2.30. The Bertz CT molecular complexity index is 131. The van der Waals surface area contributed by atoms with Crippen LogP contribution >= 0.6 is 12.4 Å². The number of carbonyl (C=O) groups is 1. The van der Waals surface area contributed by atoms with Gasteiger partial charge < -0.3 is 5.73 Å². The second kappa shape index (κ2) is 3.76. The van der Waals surface area contributed by atoms with Gasteiger partial charge in [-0.05, 0) is 19.3 Å². The van der Waals surface area contributed by atoms with E-state index in [0.717, 1.165) is 6.42 Å². The molecular weight excluding hydrogens is 157 g/mol. The highest BCUT2D eigenvalue weighted by Crippen LogP contribution is 2.27. The fraction of sp³-hybridized carbons (Fsp3) is 0.833. The fourth-order valence-electron chi connectivity index (χ4n) is 1.24. The zero-order valence-corrected chi connectivity index (χ0v) is 6.36. The topological polar surface area (TPSA) is 43.1 Å². The number of rotatable bonds is 1. The first-order chi connectivity index (χ1) is 4.22. The van der Waals surface area contributed by atoms with Crippen LogP contribution in [0.15, 0.2) is 0 Å². The van der Waals surface area contributed by atoms with Gasteiger partial charge in [-0.25, -0.2) is 4.39 Å². The summed E-state index contributed by atoms with van der Waals surface area (Å²) in [5.41, 5.74) is 4.91. The number of amides is 1. The highest BCUT2D eigenvalue weighted by molar-refractivity contribution is 5.85. The highest BCUT2D eigenvalue weighted by atomic mass is 35.5. The molecule has 10 heavy (non-hydrogen) atoms. The van der Waals surface area contributed by atoms with E-state index in [2.05, 4.69) is 0 Å². The van der Waals surface area contributed by atoms with Gasteiger partial charge in [-0.1, -0.05) is 0 Å². The zero-order valence-electron chi connectivity index (χ0n) is 5.55. The molecule has 1 rings (SSSR count). The van der Waals surface area contributed by atoms with Crippen molar-refractivity contribution in [2.75, 3.05) is 0 Å². The Morgan fingerprint density at radius 2 is 2.10 bits per heavy atom. The normalized spacial score (nSPS) is 31.3. The molecule has 0 aliphatic heterocycles. The first-order valence-corrected chi connectivity index (χ1v) is 3.15. The largest absolute Gasteiger partial charge is 0.369 e. The number of carbonyl (C=O) groups excluding carboxylic acids is 1. The standard InChI is InChI=1S/C6H10FNO.ClH/c7-5-3-1-2-4(5)6(8)9;/h4-5H,1-3H2,(H2,8,9);1H. The predicted molar refractivity (Wildman–Crippen MR) is 38.7 cm³/mol. The number of hydrogen-bond donors (Lipinski definition) is 1. The molecule has 0 radical (unpaired) electrons. The first kappa shape index (κ1) is 9.69. The van der Waals surface area contributed by atoms with Crippen LogP contribution in [0.25, 0.3) is 0 Å². The average Bonchev–Trinajstić information content (AvgIpc) is 2.13. The van der Waals surface area contributed by atoms with Crippen molar-refractivity contribution in [2.24, 2.45) is 11.7 Å². The minimum Gasteiger partial charge on any atom is -0.369 e. The second-order valence-corrected chi connectivity index (χ2v) is 2.46. The van der Waals surface area contributed by atoms with Gasteiger partial charge in [0.05, 0.1) is 5.92 Å². The maximum Gasteiger partial charge on any atom is 0.223 e. The molecule has 1 aliphatic rings. The summed E-state index contributed by atoms with van der Waals surface area (Å²) >= 11 is 0. The SMILES string of the molecule is Cl.NC(=O)C1CCCC1F. The Morgan fingerprint density at radius 1 is 1.50 bits per heavy atom. The van der Waals surface area contributed by atoms with Gasteiger partial charge in [0.2, 0.25) is 5.91 Å². The lowest BCUT2D eigenvalue weighted by atomic mass is 10.1. The van der Waals surface area contributed by atoms with E-state index in [-0.39, 0.29) is 12.4 Å². The summed E-state index contributed by atoms with van der Waals surface area (Å²) in [6, 6.07) is 0. The molecule has 4 heteroatoms. The Morgan fingerprint density at radius 3 is 2.30 bits per heavy atom. The number of alkyl halides is 1. The Labute approximate surface area is 65.4 Å². The Kier molecular flexibility index (Phi) is 3.64. The molecule has 60 valence electrons. The minimum atomic E-state index is -0.970. The lowest BCUT2D eigenvalue weighted by molar-refractivity contribution is -0.123. The van der Waals surface area contributed by atoms with E-state index in [1.807, 2.05) is 0 Å². The molecule has 1 fully saturated rings. The Hall–Kier alpha value is -0.310. The maximum absolute atomic E-state index is 12.5. The van der Waals surface area contributed by atoms with Crippen molar-refractivity contribution in [1.29, 1.82) is 0 Å². The molecule has 1 aliphatic carbocycles. The van der Waals surface area contributed by atoms with Crippen LogP contribution in [-0.2, 0) is 4.79 Å². The van der Waals surface area contributed by atoms with E-state index in [0.29, 0.717) is 12.8 Å². The predicted octanol–water partition coefficient (Wildman–Crippen LogP) is 1.03. The van der Waals surface area contributed by atoms with Crippen molar-refractivity contribution in [2.45, 2.75) is 25.4 Å². The molecule has 0 aromatic rings. The number of nitrogens with two attached hydrogens (primary N) is 1. The van der Waals surface area contributed by atoms with Crippen molar-refractivity contribution >= 4 is 18.3 Å². The third-order valence-corrected chi connectivity index (χ3v) is 1.80. The van der Waals surface area contributed by atoms with Crippen LogP contribution in [0.1, 0.15) is 19.3 Å². The third-order valence-electron chi connectivity index (χ3n) is 1.80. The summed E-state index contributed by atoms with van der Waals surface area (Å²) in [5, 5.41) is 0. The van der Waals surface area contributed by atoms with Gasteiger partial charge in [-0.15, -0.1) is 12.4 Å². The summed E-state index contributed by atoms with van der Waals surface area (Å²) in [6.45, 7) is 0. The summed E-state index contributed by atoms with van der Waals surface area (Å²) in [4.78, 5) is 10.4. The van der Waals surface area contributed by atoms with Crippen molar-refractivity contribution < 1.29 is 9.18 Å². The summed E-state index contributed by atoms with van der Waals surface area (Å²) in [7, 11) is 0. The second-order valence-electron chi connectivity index (χ2n) is 2.46. The van der Waals surface area contributed by atoms with E-state index >= 15 is 0 Å². The van der Waals surface area contributed by atoms with Gasteiger partial charge >= 0.3 is 0 Å². The van der Waals surface area contributed by atoms with Crippen LogP contribution in [0, 0.1) is 5.92 Å². The smallest absolute Gasteiger partial charge is 0.223 e. The van der Waals surface area contributed by atoms with Gasteiger partial charge in [0, 0.05) is 0 Å². The van der Waals surface area contributed by atoms with Crippen LogP contribution in [0.2, 0.25) is 0 Å². The molecule has 2 atom stereocenters. The van der Waals surface area contributed by atoms with Crippen LogP contribution in [0.4, 0.5) is 4.39 Å². The zero-order chi connectivity index (χ0) is 6.85. The molecule has 0 saturated heterocycles. The van der Waals surface area contributed by atoms with E-state index in [1.165, 1.54) is 0 Å². The summed E-state index contributed by atoms with van der Waals surface area (Å²) in [6.07, 6.45) is 0.973. The third kappa shape index (κ3) is 1.84. The first-order valence-electron chi connectivity index (χ1n) is 3.15. The summed E-state index contributed by atoms with van der Waals surface area (Å²) in [5.74, 6) is -0.981. The lowest BCUT2D eigenvalue weighted by Gasteiger charge is -2.05. The van der Waals surface area contributed by atoms with Gasteiger partial charge in [0.1, 0.15) is 6.17 Å². The molecule has 0 aromatic carbocycles. The fourth-order valence-corrected chi connectivity index (χ4v) is 1.24. The van der Waals surface area contributed by atoms with Crippen molar-refractivity contribution in [1.82, 2.24) is 0 Å². The quantitative estimate of drug-likeness (QED) is 0.623. The molecule has 2 unspecified atom stereocenters. The van der Waals surface area contributed by atoms with E-state index < -0.39 is 18.0 Å². The van der Waals surface area contributed by atoms with E-state index in [1.54, 1.807) is 0 Å². The lowest BCUT2D eigenvalue weighted by Crippen LogP contribution is -2.26. The summed E-state index contributed by atoms with van der Waals surface area (Å²) < 4.78 is 12.5. The van der Waals surface area contributed by atoms with Crippen LogP contribution < -0.4 is 5.73 Å². The van der Waals surface area contributed by atoms with Gasteiger partial charge in [0.15, 0.2) is 0 Å². The molecule has 2 N–H and O–H groups in total. The van der Waals surface area contributed by atoms with E-state index in [9.17, 15) is 9.18 Å². The minimum absolute atomic E-state index is 0. The van der Waals surface area contributed by atoms with Crippen LogP contribution in [-0.4, -0.2) is 12.1 Å². The molecule has 2 nitrogen and oxygen atoms in total. The Balaban J connectivity index is 0.000000810.